The fraction of sp³-hybridized carbons (Fsp3) is 0.565. The summed E-state index contributed by atoms with van der Waals surface area (Å²) in [4.78, 5) is 47.4. The second-order valence-electron chi connectivity index (χ2n) is 7.68. The molecule has 10 nitrogen and oxygen atoms in total. The molecule has 3 N–H and O–H groups in total. The average molecular weight is 468 g/mol. The Balaban J connectivity index is 3.14. The molecular weight excluding hydrogens is 434 g/mol. The number of carbonyl (C=O) groups is 4. The first-order valence-corrected chi connectivity index (χ1v) is 10.9. The molecule has 0 bridgehead atoms. The number of aliphatic carboxylic acids is 1. The van der Waals surface area contributed by atoms with Crippen LogP contribution >= 0.6 is 0 Å². The van der Waals surface area contributed by atoms with E-state index in [1.54, 1.807) is 6.92 Å². The number of carboxylic acids is 1. The molecule has 0 aliphatic rings. The first-order chi connectivity index (χ1) is 15.5. The number of hydrogen-bond acceptors (Lipinski definition) is 9. The minimum Gasteiger partial charge on any atom is -0.480 e. The maximum atomic E-state index is 12.0. The number of esters is 2. The first kappa shape index (κ1) is 27.9. The van der Waals surface area contributed by atoms with Crippen molar-refractivity contribution in [2.45, 2.75) is 77.9 Å². The predicted molar refractivity (Wildman–Crippen MR) is 118 cm³/mol. The molecule has 0 heterocycles. The molecule has 0 aliphatic heterocycles. The molecule has 1 unspecified atom stereocenters. The van der Waals surface area contributed by atoms with Crippen molar-refractivity contribution < 1.29 is 43.2 Å². The van der Waals surface area contributed by atoms with E-state index >= 15 is 0 Å². The number of carboxylic acid groups (broad SMARTS) is 1. The molecule has 184 valence electrons. The summed E-state index contributed by atoms with van der Waals surface area (Å²) in [5.41, 5.74) is 4.79. The van der Waals surface area contributed by atoms with Gasteiger partial charge in [0.05, 0.1) is 6.61 Å². The molecule has 0 amide bonds. The molecular formula is C23H33NO9. The second kappa shape index (κ2) is 13.4. The fourth-order valence-corrected chi connectivity index (χ4v) is 3.05. The fourth-order valence-electron chi connectivity index (χ4n) is 3.05. The van der Waals surface area contributed by atoms with Crippen molar-refractivity contribution in [3.8, 4) is 11.5 Å². The molecule has 10 heteroatoms. The van der Waals surface area contributed by atoms with Crippen molar-refractivity contribution in [2.24, 2.45) is 5.73 Å². The van der Waals surface area contributed by atoms with Crippen molar-refractivity contribution in [3.63, 3.8) is 0 Å². The monoisotopic (exact) mass is 467 g/mol. The minimum atomic E-state index is -1.79. The van der Waals surface area contributed by atoms with Gasteiger partial charge < -0.3 is 29.8 Å². The van der Waals surface area contributed by atoms with Crippen LogP contribution in [0, 0.1) is 0 Å². The van der Waals surface area contributed by atoms with Crippen molar-refractivity contribution in [1.29, 1.82) is 0 Å². The molecule has 1 rings (SSSR count). The quantitative estimate of drug-likeness (QED) is 0.326. The normalized spacial score (nSPS) is 13.4. The highest BCUT2D eigenvalue weighted by molar-refractivity contribution is 5.79. The Bertz CT molecular complexity index is 839. The van der Waals surface area contributed by atoms with Crippen LogP contribution in [0.15, 0.2) is 18.2 Å². The van der Waals surface area contributed by atoms with Gasteiger partial charge in [-0.15, -0.1) is 0 Å². The zero-order valence-corrected chi connectivity index (χ0v) is 19.5. The summed E-state index contributed by atoms with van der Waals surface area (Å²) >= 11 is 0. The lowest BCUT2D eigenvalue weighted by atomic mass is 9.86. The van der Waals surface area contributed by atoms with Crippen LogP contribution < -0.4 is 15.2 Å². The molecule has 0 radical (unpaired) electrons. The SMILES string of the molecule is CCCC(=O)Oc1ccc(CC(N)(C[C@H](C)OC(=O)OCC)C(=O)O)cc1OC(=O)CCC. The Kier molecular flexibility index (Phi) is 11.3. The largest absolute Gasteiger partial charge is 0.508 e. The van der Waals surface area contributed by atoms with E-state index < -0.39 is 35.7 Å². The second-order valence-corrected chi connectivity index (χ2v) is 7.68. The standard InChI is InChI=1S/C23H33NO9/c1-5-8-19(25)32-17-11-10-16(12-18(17)33-20(26)9-6-2)14-23(24,21(27)28)13-15(4)31-22(29)30-7-3/h10-12,15H,5-9,13-14,24H2,1-4H3,(H,27,28)/t15-,23?/m0/s1. The Hall–Kier alpha value is -3.14. The van der Waals surface area contributed by atoms with Gasteiger partial charge in [-0.2, -0.15) is 0 Å². The molecule has 0 spiro atoms. The Morgan fingerprint density at radius 2 is 1.58 bits per heavy atom. The lowest BCUT2D eigenvalue weighted by molar-refractivity contribution is -0.144. The maximum Gasteiger partial charge on any atom is 0.508 e. The third kappa shape index (κ3) is 9.48. The van der Waals surface area contributed by atoms with Gasteiger partial charge in [0.1, 0.15) is 11.6 Å². The molecule has 1 aromatic rings. The Morgan fingerprint density at radius 3 is 2.09 bits per heavy atom. The summed E-state index contributed by atoms with van der Waals surface area (Å²) < 4.78 is 20.4. The molecule has 0 fully saturated rings. The first-order valence-electron chi connectivity index (χ1n) is 10.9. The lowest BCUT2D eigenvalue weighted by Crippen LogP contribution is -2.52. The van der Waals surface area contributed by atoms with E-state index in [0.29, 0.717) is 18.4 Å². The number of nitrogens with two attached hydrogens (primary N) is 1. The number of ether oxygens (including phenoxy) is 4. The summed E-state index contributed by atoms with van der Waals surface area (Å²) in [7, 11) is 0. The number of carbonyl (C=O) groups excluding carboxylic acids is 3. The highest BCUT2D eigenvalue weighted by atomic mass is 16.7. The summed E-state index contributed by atoms with van der Waals surface area (Å²) in [5.74, 6) is -2.25. The minimum absolute atomic E-state index is 0.000959. The van der Waals surface area contributed by atoms with Crippen LogP contribution in [0.2, 0.25) is 0 Å². The third-order valence-corrected chi connectivity index (χ3v) is 4.52. The average Bonchev–Trinajstić information content (AvgIpc) is 2.70. The Labute approximate surface area is 193 Å². The van der Waals surface area contributed by atoms with E-state index in [-0.39, 0.29) is 43.8 Å². The van der Waals surface area contributed by atoms with Crippen molar-refractivity contribution in [3.05, 3.63) is 23.8 Å². The maximum absolute atomic E-state index is 12.0. The molecule has 0 aromatic heterocycles. The molecule has 2 atom stereocenters. The van der Waals surface area contributed by atoms with Gasteiger partial charge in [-0.1, -0.05) is 19.9 Å². The van der Waals surface area contributed by atoms with E-state index in [9.17, 15) is 24.3 Å². The van der Waals surface area contributed by atoms with Gasteiger partial charge in [0.25, 0.3) is 0 Å². The summed E-state index contributed by atoms with van der Waals surface area (Å²) in [5, 5.41) is 9.75. The highest BCUT2D eigenvalue weighted by Crippen LogP contribution is 2.31. The predicted octanol–water partition coefficient (Wildman–Crippen LogP) is 3.37. The third-order valence-electron chi connectivity index (χ3n) is 4.52. The molecule has 1 aromatic carbocycles. The van der Waals surface area contributed by atoms with Gasteiger partial charge in [0.2, 0.25) is 0 Å². The van der Waals surface area contributed by atoms with Gasteiger partial charge in [0.15, 0.2) is 11.5 Å². The van der Waals surface area contributed by atoms with Crippen LogP contribution in [0.4, 0.5) is 4.79 Å². The van der Waals surface area contributed by atoms with E-state index in [0.717, 1.165) is 0 Å². The van der Waals surface area contributed by atoms with Gasteiger partial charge in [-0.05, 0) is 44.4 Å². The number of benzene rings is 1. The molecule has 0 saturated heterocycles. The number of hydrogen-bond donors (Lipinski definition) is 2. The van der Waals surface area contributed by atoms with E-state index in [1.807, 2.05) is 13.8 Å². The van der Waals surface area contributed by atoms with Crippen molar-refractivity contribution in [1.82, 2.24) is 0 Å². The summed E-state index contributed by atoms with van der Waals surface area (Å²) in [6.45, 7) is 6.88. The van der Waals surface area contributed by atoms with E-state index in [2.05, 4.69) is 0 Å². The number of rotatable bonds is 13. The van der Waals surface area contributed by atoms with Crippen LogP contribution in [-0.4, -0.2) is 47.4 Å². The van der Waals surface area contributed by atoms with Gasteiger partial charge >= 0.3 is 24.1 Å². The molecule has 0 aliphatic carbocycles. The van der Waals surface area contributed by atoms with Crippen LogP contribution in [-0.2, 0) is 30.3 Å². The molecule has 33 heavy (non-hydrogen) atoms. The van der Waals surface area contributed by atoms with Crippen LogP contribution in [0.25, 0.3) is 0 Å². The topological polar surface area (TPSA) is 151 Å². The zero-order chi connectivity index (χ0) is 25.0. The zero-order valence-electron chi connectivity index (χ0n) is 19.5. The van der Waals surface area contributed by atoms with Crippen LogP contribution in [0.3, 0.4) is 0 Å². The lowest BCUT2D eigenvalue weighted by Gasteiger charge is -2.28. The summed E-state index contributed by atoms with van der Waals surface area (Å²) in [6.07, 6.45) is -0.616. The van der Waals surface area contributed by atoms with Crippen molar-refractivity contribution >= 4 is 24.1 Å². The molecule has 0 saturated carbocycles. The van der Waals surface area contributed by atoms with E-state index in [4.69, 9.17) is 24.7 Å². The summed E-state index contributed by atoms with van der Waals surface area (Å²) in [6, 6.07) is 4.38. The highest BCUT2D eigenvalue weighted by Gasteiger charge is 2.37. The van der Waals surface area contributed by atoms with E-state index in [1.165, 1.54) is 25.1 Å². The smallest absolute Gasteiger partial charge is 0.480 e. The van der Waals surface area contributed by atoms with Crippen molar-refractivity contribution in [2.75, 3.05) is 6.61 Å². The van der Waals surface area contributed by atoms with Gasteiger partial charge in [-0.3, -0.25) is 14.4 Å². The van der Waals surface area contributed by atoms with Crippen LogP contribution in [0.1, 0.15) is 65.4 Å². The van der Waals surface area contributed by atoms with Gasteiger partial charge in [0, 0.05) is 25.7 Å². The van der Waals surface area contributed by atoms with Gasteiger partial charge in [-0.25, -0.2) is 4.79 Å². The van der Waals surface area contributed by atoms with Crippen LogP contribution in [0.5, 0.6) is 11.5 Å². The Morgan fingerprint density at radius 1 is 1.00 bits per heavy atom.